The van der Waals surface area contributed by atoms with Gasteiger partial charge in [-0.2, -0.15) is 0 Å². The van der Waals surface area contributed by atoms with Gasteiger partial charge in [-0.1, -0.05) is 23.7 Å². The van der Waals surface area contributed by atoms with Crippen molar-refractivity contribution in [3.63, 3.8) is 0 Å². The van der Waals surface area contributed by atoms with E-state index in [4.69, 9.17) is 16.7 Å². The molecule has 0 saturated carbocycles. The molecule has 3 aromatic rings. The van der Waals surface area contributed by atoms with Gasteiger partial charge in [-0.25, -0.2) is 4.79 Å². The summed E-state index contributed by atoms with van der Waals surface area (Å²) in [6.07, 6.45) is 1.97. The summed E-state index contributed by atoms with van der Waals surface area (Å²) >= 11 is 6.24. The number of halogens is 1. The van der Waals surface area contributed by atoms with Crippen LogP contribution in [0.15, 0.2) is 36.5 Å². The number of carboxylic acid groups (broad SMARTS) is 1. The fraction of sp³-hybridized carbons (Fsp3) is 0.133. The summed E-state index contributed by atoms with van der Waals surface area (Å²) in [6.45, 7) is 0. The Bertz CT molecular complexity index is 830. The predicted octanol–water partition coefficient (Wildman–Crippen LogP) is 3.54. The Morgan fingerprint density at radius 2 is 1.95 bits per heavy atom. The highest BCUT2D eigenvalue weighted by Crippen LogP contribution is 2.34. The number of carboxylic acids is 1. The van der Waals surface area contributed by atoms with Gasteiger partial charge in [0.05, 0.1) is 16.2 Å². The fourth-order valence-electron chi connectivity index (χ4n) is 2.62. The summed E-state index contributed by atoms with van der Waals surface area (Å²) in [6, 6.07) is 9.17. The zero-order valence-corrected chi connectivity index (χ0v) is 11.8. The molecule has 0 saturated heterocycles. The molecular formula is C15H13ClN2O2. The second-order valence-electron chi connectivity index (χ2n) is 4.76. The first-order chi connectivity index (χ1) is 9.50. The molecule has 3 rings (SSSR count). The molecular weight excluding hydrogens is 276 g/mol. The first-order valence-corrected chi connectivity index (χ1v) is 6.51. The van der Waals surface area contributed by atoms with E-state index in [0.29, 0.717) is 5.02 Å². The number of nitrogens with zero attached hydrogens (tertiary/aromatic N) is 2. The molecule has 0 aliphatic carbocycles. The summed E-state index contributed by atoms with van der Waals surface area (Å²) in [4.78, 5) is 11.1. The number of benzene rings is 1. The molecule has 0 fully saturated rings. The van der Waals surface area contributed by atoms with Gasteiger partial charge in [-0.05, 0) is 18.2 Å². The quantitative estimate of drug-likeness (QED) is 0.784. The van der Waals surface area contributed by atoms with Gasteiger partial charge < -0.3 is 14.2 Å². The van der Waals surface area contributed by atoms with Crippen LogP contribution in [-0.4, -0.2) is 20.2 Å². The summed E-state index contributed by atoms with van der Waals surface area (Å²) < 4.78 is 3.64. The maximum absolute atomic E-state index is 11.1. The second-order valence-corrected chi connectivity index (χ2v) is 5.16. The molecule has 0 aliphatic rings. The van der Waals surface area contributed by atoms with E-state index in [-0.39, 0.29) is 5.69 Å². The number of aryl methyl sites for hydroxylation is 1. The minimum absolute atomic E-state index is 0.263. The number of hydrogen-bond acceptors (Lipinski definition) is 1. The lowest BCUT2D eigenvalue weighted by Crippen LogP contribution is -2.04. The molecule has 0 bridgehead atoms. The lowest BCUT2D eigenvalue weighted by atomic mass is 10.1. The van der Waals surface area contributed by atoms with Crippen molar-refractivity contribution >= 4 is 28.5 Å². The summed E-state index contributed by atoms with van der Waals surface area (Å²) in [7, 11) is 3.68. The summed E-state index contributed by atoms with van der Waals surface area (Å²) in [5.74, 6) is -0.933. The lowest BCUT2D eigenvalue weighted by Gasteiger charge is -2.04. The third kappa shape index (κ3) is 1.72. The number of hydrogen-bond donors (Lipinski definition) is 1. The Kier molecular flexibility index (Phi) is 2.83. The smallest absolute Gasteiger partial charge is 0.352 e. The third-order valence-corrected chi connectivity index (χ3v) is 3.87. The van der Waals surface area contributed by atoms with Crippen LogP contribution in [0.3, 0.4) is 0 Å². The molecule has 1 aromatic carbocycles. The molecule has 2 aromatic heterocycles. The number of aromatic carboxylic acids is 1. The van der Waals surface area contributed by atoms with Crippen molar-refractivity contribution in [1.82, 2.24) is 9.13 Å². The van der Waals surface area contributed by atoms with E-state index < -0.39 is 5.97 Å². The second kappa shape index (κ2) is 4.42. The molecule has 0 unspecified atom stereocenters. The van der Waals surface area contributed by atoms with Gasteiger partial charge >= 0.3 is 5.97 Å². The molecule has 0 spiro atoms. The van der Waals surface area contributed by atoms with Crippen molar-refractivity contribution in [2.75, 3.05) is 0 Å². The van der Waals surface area contributed by atoms with E-state index in [1.165, 1.54) is 0 Å². The van der Waals surface area contributed by atoms with Crippen LogP contribution in [0, 0.1) is 0 Å². The number of rotatable bonds is 2. The highest BCUT2D eigenvalue weighted by molar-refractivity contribution is 6.35. The van der Waals surface area contributed by atoms with Crippen molar-refractivity contribution in [2.24, 2.45) is 14.1 Å². The SMILES string of the molecule is Cn1c(C(=O)O)ccc1-c1cn(C)c2c(Cl)cccc12. The monoisotopic (exact) mass is 288 g/mol. The first kappa shape index (κ1) is 12.8. The van der Waals surface area contributed by atoms with Crippen molar-refractivity contribution in [3.8, 4) is 11.3 Å². The standard InChI is InChI=1S/C15H13ClN2O2/c1-17-8-10(9-4-3-5-11(16)14(9)17)12-6-7-13(15(19)20)18(12)2/h3-8H,1-2H3,(H,19,20). The Morgan fingerprint density at radius 1 is 1.20 bits per heavy atom. The molecule has 0 amide bonds. The van der Waals surface area contributed by atoms with Gasteiger partial charge in [0, 0.05) is 31.2 Å². The fourth-order valence-corrected chi connectivity index (χ4v) is 2.93. The van der Waals surface area contributed by atoms with Crippen LogP contribution in [0.25, 0.3) is 22.2 Å². The molecule has 1 N–H and O–H groups in total. The van der Waals surface area contributed by atoms with Crippen molar-refractivity contribution in [3.05, 3.63) is 47.2 Å². The number of aromatic nitrogens is 2. The topological polar surface area (TPSA) is 47.2 Å². The van der Waals surface area contributed by atoms with Gasteiger partial charge in [0.15, 0.2) is 0 Å². The Labute approximate surface area is 120 Å². The highest BCUT2D eigenvalue weighted by Gasteiger charge is 2.16. The Morgan fingerprint density at radius 3 is 2.60 bits per heavy atom. The highest BCUT2D eigenvalue weighted by atomic mass is 35.5. The molecule has 102 valence electrons. The Hall–Kier alpha value is -2.20. The van der Waals surface area contributed by atoms with E-state index in [9.17, 15) is 4.79 Å². The van der Waals surface area contributed by atoms with Crippen LogP contribution < -0.4 is 0 Å². The number of carbonyl (C=O) groups is 1. The van der Waals surface area contributed by atoms with E-state index in [0.717, 1.165) is 22.2 Å². The van der Waals surface area contributed by atoms with Crippen LogP contribution in [0.2, 0.25) is 5.02 Å². The molecule has 2 heterocycles. The molecule has 0 radical (unpaired) electrons. The van der Waals surface area contributed by atoms with Crippen LogP contribution in [-0.2, 0) is 14.1 Å². The zero-order chi connectivity index (χ0) is 14.4. The van der Waals surface area contributed by atoms with Gasteiger partial charge in [0.2, 0.25) is 0 Å². The predicted molar refractivity (Wildman–Crippen MR) is 79.3 cm³/mol. The maximum Gasteiger partial charge on any atom is 0.352 e. The van der Waals surface area contributed by atoms with Crippen LogP contribution in [0.1, 0.15) is 10.5 Å². The first-order valence-electron chi connectivity index (χ1n) is 6.13. The third-order valence-electron chi connectivity index (χ3n) is 3.57. The van der Waals surface area contributed by atoms with Crippen LogP contribution in [0.4, 0.5) is 0 Å². The van der Waals surface area contributed by atoms with E-state index in [1.54, 1.807) is 17.7 Å². The largest absolute Gasteiger partial charge is 0.477 e. The van der Waals surface area contributed by atoms with Crippen molar-refractivity contribution in [1.29, 1.82) is 0 Å². The molecule has 0 aliphatic heterocycles. The molecule has 4 nitrogen and oxygen atoms in total. The van der Waals surface area contributed by atoms with Gasteiger partial charge in [-0.3, -0.25) is 0 Å². The van der Waals surface area contributed by atoms with Crippen LogP contribution in [0.5, 0.6) is 0 Å². The van der Waals surface area contributed by atoms with Crippen molar-refractivity contribution < 1.29 is 9.90 Å². The minimum atomic E-state index is -0.933. The normalized spacial score (nSPS) is 11.2. The average molecular weight is 289 g/mol. The minimum Gasteiger partial charge on any atom is -0.477 e. The van der Waals surface area contributed by atoms with E-state index >= 15 is 0 Å². The molecule has 5 heteroatoms. The zero-order valence-electron chi connectivity index (χ0n) is 11.1. The van der Waals surface area contributed by atoms with E-state index in [2.05, 4.69) is 0 Å². The summed E-state index contributed by atoms with van der Waals surface area (Å²) in [5.41, 5.74) is 3.04. The average Bonchev–Trinajstić information content (AvgIpc) is 2.91. The van der Waals surface area contributed by atoms with Crippen molar-refractivity contribution in [2.45, 2.75) is 0 Å². The number of para-hydroxylation sites is 1. The van der Waals surface area contributed by atoms with Gasteiger partial charge in [-0.15, -0.1) is 0 Å². The van der Waals surface area contributed by atoms with Crippen LogP contribution >= 0.6 is 11.6 Å². The molecule has 0 atom stereocenters. The van der Waals surface area contributed by atoms with Gasteiger partial charge in [0.25, 0.3) is 0 Å². The van der Waals surface area contributed by atoms with E-state index in [1.807, 2.05) is 42.1 Å². The van der Waals surface area contributed by atoms with Gasteiger partial charge in [0.1, 0.15) is 5.69 Å². The molecule has 20 heavy (non-hydrogen) atoms. The Balaban J connectivity index is 2.31. The maximum atomic E-state index is 11.1. The summed E-state index contributed by atoms with van der Waals surface area (Å²) in [5, 5.41) is 10.8. The lowest BCUT2D eigenvalue weighted by molar-refractivity contribution is 0.0687. The number of fused-ring (bicyclic) bond motifs is 1.